The second-order valence-corrected chi connectivity index (χ2v) is 7.99. The monoisotopic (exact) mass is 411 g/mol. The second-order valence-electron chi connectivity index (χ2n) is 7.11. The number of rotatable bonds is 3. The van der Waals surface area contributed by atoms with Crippen molar-refractivity contribution < 1.29 is 14.4 Å². The Morgan fingerprint density at radius 3 is 2.22 bits per heavy atom. The smallest absolute Gasteiger partial charge is 0.254 e. The maximum atomic E-state index is 13.0. The van der Waals surface area contributed by atoms with Crippen LogP contribution in [0.15, 0.2) is 18.2 Å². The lowest BCUT2D eigenvalue weighted by molar-refractivity contribution is -0.136. The Labute approximate surface area is 168 Å². The number of hydrogen-bond donors (Lipinski definition) is 1. The third-order valence-electron chi connectivity index (χ3n) is 5.12. The van der Waals surface area contributed by atoms with E-state index in [9.17, 15) is 14.4 Å². The summed E-state index contributed by atoms with van der Waals surface area (Å²) in [4.78, 5) is 40.5. The van der Waals surface area contributed by atoms with Crippen molar-refractivity contribution in [3.8, 4) is 0 Å². The zero-order valence-corrected chi connectivity index (χ0v) is 16.7. The quantitative estimate of drug-likeness (QED) is 0.830. The molecule has 1 aromatic carbocycles. The number of carbonyl (C=O) groups excluding carboxylic acids is 3. The number of nitrogens with zero attached hydrogens (tertiary/aromatic N) is 2. The first-order valence-corrected chi connectivity index (χ1v) is 9.93. The van der Waals surface area contributed by atoms with Crippen LogP contribution in [0.5, 0.6) is 0 Å². The summed E-state index contributed by atoms with van der Waals surface area (Å²) in [5.74, 6) is -0.286. The lowest BCUT2D eigenvalue weighted by atomic mass is 10.0. The summed E-state index contributed by atoms with van der Waals surface area (Å²) >= 11 is 12.0. The molecule has 2 aliphatic heterocycles. The molecule has 1 atom stereocenters. The number of piperidine rings is 1. The molecule has 3 rings (SSSR count). The van der Waals surface area contributed by atoms with Gasteiger partial charge in [0.05, 0.1) is 0 Å². The van der Waals surface area contributed by atoms with Crippen LogP contribution in [0.2, 0.25) is 10.0 Å². The molecule has 2 fully saturated rings. The molecule has 2 heterocycles. The highest BCUT2D eigenvalue weighted by Gasteiger charge is 2.38. The Morgan fingerprint density at radius 2 is 1.63 bits per heavy atom. The number of amides is 3. The highest BCUT2D eigenvalue weighted by atomic mass is 35.5. The van der Waals surface area contributed by atoms with E-state index in [1.807, 2.05) is 0 Å². The molecule has 3 amide bonds. The normalized spacial score (nSPS) is 20.6. The SMILES string of the molecule is CC(=O)NC1CCN(C(=O)C2CCCN2C(=O)c2cc(Cl)cc(Cl)c2)CC1. The molecule has 2 saturated heterocycles. The Balaban J connectivity index is 1.66. The molecule has 0 aliphatic carbocycles. The first kappa shape index (κ1) is 20.0. The lowest BCUT2D eigenvalue weighted by Crippen LogP contribution is -2.52. The standard InChI is InChI=1S/C19H23Cl2N3O3/c1-12(25)22-16-4-7-23(8-5-16)19(27)17-3-2-6-24(17)18(26)13-9-14(20)11-15(21)10-13/h9-11,16-17H,2-8H2,1H3,(H,22,25). The van der Waals surface area contributed by atoms with Gasteiger partial charge in [-0.05, 0) is 43.9 Å². The molecule has 0 spiro atoms. The average Bonchev–Trinajstić information content (AvgIpc) is 3.09. The van der Waals surface area contributed by atoms with Crippen LogP contribution in [-0.4, -0.2) is 59.2 Å². The fourth-order valence-corrected chi connectivity index (χ4v) is 4.38. The van der Waals surface area contributed by atoms with Crippen molar-refractivity contribution in [1.82, 2.24) is 15.1 Å². The predicted octanol–water partition coefficient (Wildman–Crippen LogP) is 2.73. The molecule has 1 aromatic rings. The minimum absolute atomic E-state index is 0.0183. The fourth-order valence-electron chi connectivity index (χ4n) is 3.85. The third-order valence-corrected chi connectivity index (χ3v) is 5.56. The van der Waals surface area contributed by atoms with Gasteiger partial charge < -0.3 is 15.1 Å². The van der Waals surface area contributed by atoms with Gasteiger partial charge in [0.1, 0.15) is 6.04 Å². The van der Waals surface area contributed by atoms with E-state index in [2.05, 4.69) is 5.32 Å². The second kappa shape index (κ2) is 8.48. The van der Waals surface area contributed by atoms with Gasteiger partial charge in [-0.1, -0.05) is 23.2 Å². The molecule has 0 bridgehead atoms. The van der Waals surface area contributed by atoms with Crippen LogP contribution in [0, 0.1) is 0 Å². The number of carbonyl (C=O) groups is 3. The maximum absolute atomic E-state index is 13.0. The molecule has 1 unspecified atom stereocenters. The van der Waals surface area contributed by atoms with Gasteiger partial charge in [0.25, 0.3) is 5.91 Å². The molecule has 1 N–H and O–H groups in total. The number of likely N-dealkylation sites (tertiary alicyclic amines) is 2. The van der Waals surface area contributed by atoms with Gasteiger partial charge in [-0.15, -0.1) is 0 Å². The molecule has 146 valence electrons. The van der Waals surface area contributed by atoms with Crippen molar-refractivity contribution in [3.63, 3.8) is 0 Å². The molecule has 0 aromatic heterocycles. The van der Waals surface area contributed by atoms with Gasteiger partial charge in [0.2, 0.25) is 11.8 Å². The molecule has 2 aliphatic rings. The summed E-state index contributed by atoms with van der Waals surface area (Å²) in [5, 5.41) is 3.70. The Hall–Kier alpha value is -1.79. The van der Waals surface area contributed by atoms with Crippen molar-refractivity contribution in [2.45, 2.75) is 44.7 Å². The summed E-state index contributed by atoms with van der Waals surface area (Å²) in [6.45, 7) is 3.22. The Bertz CT molecular complexity index is 727. The van der Waals surface area contributed by atoms with Gasteiger partial charge in [-0.2, -0.15) is 0 Å². The van der Waals surface area contributed by atoms with Crippen LogP contribution >= 0.6 is 23.2 Å². The molecule has 0 saturated carbocycles. The minimum Gasteiger partial charge on any atom is -0.353 e. The van der Waals surface area contributed by atoms with Crippen molar-refractivity contribution in [2.24, 2.45) is 0 Å². The van der Waals surface area contributed by atoms with Gasteiger partial charge >= 0.3 is 0 Å². The summed E-state index contributed by atoms with van der Waals surface area (Å²) in [6.07, 6.45) is 2.91. The summed E-state index contributed by atoms with van der Waals surface area (Å²) < 4.78 is 0. The van der Waals surface area contributed by atoms with Gasteiger partial charge in [-0.25, -0.2) is 0 Å². The predicted molar refractivity (Wildman–Crippen MR) is 104 cm³/mol. The van der Waals surface area contributed by atoms with Gasteiger partial charge in [-0.3, -0.25) is 14.4 Å². The first-order valence-electron chi connectivity index (χ1n) is 9.18. The van der Waals surface area contributed by atoms with Gasteiger partial charge in [0, 0.05) is 48.2 Å². The molecule has 6 nitrogen and oxygen atoms in total. The molecule has 8 heteroatoms. The topological polar surface area (TPSA) is 69.7 Å². The number of halogens is 2. The summed E-state index contributed by atoms with van der Waals surface area (Å²) in [5.41, 5.74) is 0.400. The number of benzene rings is 1. The zero-order valence-electron chi connectivity index (χ0n) is 15.2. The zero-order chi connectivity index (χ0) is 19.6. The van der Waals surface area contributed by atoms with E-state index in [1.54, 1.807) is 28.0 Å². The van der Waals surface area contributed by atoms with Crippen molar-refractivity contribution in [1.29, 1.82) is 0 Å². The highest BCUT2D eigenvalue weighted by molar-refractivity contribution is 6.35. The lowest BCUT2D eigenvalue weighted by Gasteiger charge is -2.35. The molecular weight excluding hydrogens is 389 g/mol. The summed E-state index contributed by atoms with van der Waals surface area (Å²) in [7, 11) is 0. The van der Waals surface area contributed by atoms with E-state index < -0.39 is 6.04 Å². The van der Waals surface area contributed by atoms with Crippen molar-refractivity contribution in [3.05, 3.63) is 33.8 Å². The average molecular weight is 412 g/mol. The van der Waals surface area contributed by atoms with Crippen LogP contribution in [0.3, 0.4) is 0 Å². The van der Waals surface area contributed by atoms with Crippen LogP contribution in [0.4, 0.5) is 0 Å². The number of nitrogens with one attached hydrogen (secondary N) is 1. The Morgan fingerprint density at radius 1 is 1.00 bits per heavy atom. The van der Waals surface area contributed by atoms with Crippen LogP contribution in [0.1, 0.15) is 43.0 Å². The minimum atomic E-state index is -0.451. The summed E-state index contributed by atoms with van der Waals surface area (Å²) in [6, 6.07) is 4.39. The van der Waals surface area contributed by atoms with E-state index in [0.29, 0.717) is 41.7 Å². The molecule has 27 heavy (non-hydrogen) atoms. The van der Waals surface area contributed by atoms with Crippen molar-refractivity contribution >= 4 is 40.9 Å². The van der Waals surface area contributed by atoms with E-state index in [4.69, 9.17) is 23.2 Å². The fraction of sp³-hybridized carbons (Fsp3) is 0.526. The first-order chi connectivity index (χ1) is 12.8. The van der Waals surface area contributed by atoms with Crippen LogP contribution < -0.4 is 5.32 Å². The van der Waals surface area contributed by atoms with Crippen molar-refractivity contribution in [2.75, 3.05) is 19.6 Å². The van der Waals surface area contributed by atoms with E-state index in [1.165, 1.54) is 6.92 Å². The van der Waals surface area contributed by atoms with E-state index in [-0.39, 0.29) is 23.8 Å². The molecule has 0 radical (unpaired) electrons. The van der Waals surface area contributed by atoms with Crippen LogP contribution in [0.25, 0.3) is 0 Å². The Kier molecular flexibility index (Phi) is 6.27. The van der Waals surface area contributed by atoms with E-state index >= 15 is 0 Å². The third kappa shape index (κ3) is 4.74. The number of hydrogen-bond acceptors (Lipinski definition) is 3. The maximum Gasteiger partial charge on any atom is 0.254 e. The molecular formula is C19H23Cl2N3O3. The highest BCUT2D eigenvalue weighted by Crippen LogP contribution is 2.26. The largest absolute Gasteiger partial charge is 0.353 e. The van der Waals surface area contributed by atoms with E-state index in [0.717, 1.165) is 19.3 Å². The van der Waals surface area contributed by atoms with Gasteiger partial charge in [0.15, 0.2) is 0 Å². The van der Waals surface area contributed by atoms with Crippen LogP contribution in [-0.2, 0) is 9.59 Å².